The number of hydrogen-bond donors (Lipinski definition) is 0. The van der Waals surface area contributed by atoms with E-state index >= 15 is 0 Å². The minimum absolute atomic E-state index is 0.259. The zero-order valence-electron chi connectivity index (χ0n) is 18.9. The molecule has 2 heteroatoms. The molecule has 0 saturated carbocycles. The van der Waals surface area contributed by atoms with Crippen molar-refractivity contribution in [2.75, 3.05) is 0 Å². The van der Waals surface area contributed by atoms with Crippen LogP contribution in [0.15, 0.2) is 36.4 Å². The maximum atomic E-state index is 2.33. The molecule has 0 atom stereocenters. The number of rotatable bonds is 2. The molecule has 0 aliphatic rings. The summed E-state index contributed by atoms with van der Waals surface area (Å²) in [6.45, 7) is 22.6. The van der Waals surface area contributed by atoms with Crippen molar-refractivity contribution in [1.29, 1.82) is 0 Å². The quantitative estimate of drug-likeness (QED) is 0.280. The third-order valence-electron chi connectivity index (χ3n) is 4.18. The van der Waals surface area contributed by atoms with E-state index in [2.05, 4.69) is 105 Å². The molecular weight excluding hydrogens is 495 g/mol. The van der Waals surface area contributed by atoms with Crippen LogP contribution in [0.1, 0.15) is 77.6 Å². The Bertz CT molecular complexity index is 588. The van der Waals surface area contributed by atoms with Gasteiger partial charge in [-0.2, -0.15) is 46.5 Å². The van der Waals surface area contributed by atoms with Crippen molar-refractivity contribution in [3.8, 4) is 0 Å². The molecule has 0 heterocycles. The van der Waals surface area contributed by atoms with Crippen molar-refractivity contribution in [1.82, 2.24) is 0 Å². The molecule has 0 amide bonds. The molecule has 0 N–H and O–H groups in total. The van der Waals surface area contributed by atoms with E-state index in [-0.39, 0.29) is 5.49 Å². The molecule has 0 aromatic heterocycles. The van der Waals surface area contributed by atoms with Gasteiger partial charge in [0, 0.05) is 0 Å². The van der Waals surface area contributed by atoms with Gasteiger partial charge in [-0.05, 0) is 0 Å². The van der Waals surface area contributed by atoms with Crippen molar-refractivity contribution in [3.05, 3.63) is 58.7 Å². The number of hydrogen-bond acceptors (Lipinski definition) is 0. The first kappa shape index (κ1) is 25.8. The normalized spacial score (nSPS) is 11.2. The summed E-state index contributed by atoms with van der Waals surface area (Å²) in [6.07, 6.45) is 2.30. The first-order valence-corrected chi connectivity index (χ1v) is 17.7. The molecule has 26 heavy (non-hydrogen) atoms. The second-order valence-electron chi connectivity index (χ2n) is 9.22. The monoisotopic (exact) mass is 536 g/mol. The summed E-state index contributed by atoms with van der Waals surface area (Å²) in [6, 6.07) is 13.5. The number of aryl methyl sites for hydroxylation is 2. The van der Waals surface area contributed by atoms with Crippen molar-refractivity contribution < 1.29 is 23.0 Å². The van der Waals surface area contributed by atoms with Crippen LogP contribution in [0.2, 0.25) is 13.1 Å². The summed E-state index contributed by atoms with van der Waals surface area (Å²) in [5, 5.41) is 0. The Morgan fingerprint density at radius 3 is 1.15 bits per heavy atom. The average molecular weight is 535 g/mol. The molecule has 0 saturated heterocycles. The molecule has 0 radical (unpaired) electrons. The van der Waals surface area contributed by atoms with E-state index in [0.29, 0.717) is 10.8 Å². The maximum absolute atomic E-state index is 2.33. The molecule has 144 valence electrons. The fourth-order valence-electron chi connectivity index (χ4n) is 2.36. The molecule has 0 fully saturated rings. The Labute approximate surface area is 178 Å². The molecule has 0 unspecified atom stereocenters. The zero-order valence-corrected chi connectivity index (χ0v) is 23.5. The minimum atomic E-state index is 0.259. The van der Waals surface area contributed by atoms with E-state index in [4.69, 9.17) is 0 Å². The van der Waals surface area contributed by atoms with E-state index in [1.165, 1.54) is 45.3 Å². The van der Waals surface area contributed by atoms with Gasteiger partial charge in [-0.15, -0.1) is 0 Å². The Kier molecular flexibility index (Phi) is 11.5. The fourth-order valence-corrected chi connectivity index (χ4v) is 2.36. The van der Waals surface area contributed by atoms with Gasteiger partial charge in [-0.3, -0.25) is 0 Å². The molecule has 2 aromatic rings. The summed E-state index contributed by atoms with van der Waals surface area (Å²) in [5.74, 6) is 0. The average Bonchev–Trinajstić information content (AvgIpc) is 3.15. The second-order valence-corrected chi connectivity index (χ2v) is 22.0. The van der Waals surface area contributed by atoms with Crippen LogP contribution in [0, 0.1) is 0 Å². The van der Waals surface area contributed by atoms with E-state index in [0.717, 1.165) is 12.8 Å². The molecule has 0 nitrogen and oxygen atoms in total. The van der Waals surface area contributed by atoms with Gasteiger partial charge in [0.05, 0.1) is 0 Å². The van der Waals surface area contributed by atoms with Crippen LogP contribution < -0.4 is 0 Å². The van der Waals surface area contributed by atoms with Crippen LogP contribution >= 0.6 is 0 Å². The van der Waals surface area contributed by atoms with Crippen molar-refractivity contribution in [2.24, 2.45) is 0 Å². The van der Waals surface area contributed by atoms with Crippen LogP contribution in [-0.2, 0) is 46.7 Å². The van der Waals surface area contributed by atoms with E-state index < -0.39 is 0 Å². The Morgan fingerprint density at radius 2 is 1.04 bits per heavy atom. The summed E-state index contributed by atoms with van der Waals surface area (Å²) in [5.41, 5.74) is 6.70. The third kappa shape index (κ3) is 10.8. The topological polar surface area (TPSA) is 0 Å². The predicted molar refractivity (Wildman–Crippen MR) is 118 cm³/mol. The van der Waals surface area contributed by atoms with E-state index in [1.807, 2.05) is 0 Å². The third-order valence-corrected chi connectivity index (χ3v) is 4.18. The van der Waals surface area contributed by atoms with Crippen LogP contribution in [0.3, 0.4) is 0 Å². The van der Waals surface area contributed by atoms with Crippen molar-refractivity contribution in [2.45, 2.75) is 92.2 Å². The SMILES string of the molecule is CCc1cc(C(C)(C)C)c[cH-]1.CCc1cc(C(C)(C)C)c[cH-]1.C[Si](C)=[Hf+2]. The van der Waals surface area contributed by atoms with Crippen LogP contribution in [0.5, 0.6) is 0 Å². The molecular formula is C24H40HfSi. The van der Waals surface area contributed by atoms with Gasteiger partial charge in [0.15, 0.2) is 0 Å². The second kappa shape index (κ2) is 11.6. The van der Waals surface area contributed by atoms with Gasteiger partial charge in [-0.1, -0.05) is 79.1 Å². The van der Waals surface area contributed by atoms with Gasteiger partial charge in [0.2, 0.25) is 0 Å². The van der Waals surface area contributed by atoms with Crippen LogP contribution in [0.25, 0.3) is 0 Å². The Hall–Kier alpha value is -0.213. The molecule has 0 aliphatic carbocycles. The van der Waals surface area contributed by atoms with Gasteiger partial charge in [-0.25, -0.2) is 12.1 Å². The molecule has 0 spiro atoms. The molecule has 2 aromatic carbocycles. The van der Waals surface area contributed by atoms with E-state index in [1.54, 1.807) is 0 Å². The van der Waals surface area contributed by atoms with Crippen molar-refractivity contribution >= 4 is 5.49 Å². The summed E-state index contributed by atoms with van der Waals surface area (Å²) in [7, 11) is 0. The first-order valence-electron chi connectivity index (χ1n) is 9.85. The molecule has 0 bridgehead atoms. The van der Waals surface area contributed by atoms with Crippen LogP contribution in [-0.4, -0.2) is 5.49 Å². The standard InChI is InChI=1S/2C11H17.C2H6Si.Hf/c2*1-5-9-6-7-10(8-9)11(2,3)4;1-3-2;/h2*6-8H,5H2,1-4H3;1-2H3;/q2*-1;;+2. The fraction of sp³-hybridized carbons (Fsp3) is 0.583. The van der Waals surface area contributed by atoms with Gasteiger partial charge < -0.3 is 0 Å². The summed E-state index contributed by atoms with van der Waals surface area (Å²) in [4.78, 5) is 0. The molecule has 0 aliphatic heterocycles. The van der Waals surface area contributed by atoms with Crippen molar-refractivity contribution in [3.63, 3.8) is 0 Å². The van der Waals surface area contributed by atoms with E-state index in [9.17, 15) is 0 Å². The van der Waals surface area contributed by atoms with Gasteiger partial charge in [0.1, 0.15) is 0 Å². The zero-order chi connectivity index (χ0) is 20.5. The van der Waals surface area contributed by atoms with Gasteiger partial charge >= 0.3 is 41.6 Å². The first-order chi connectivity index (χ1) is 11.8. The van der Waals surface area contributed by atoms with Crippen LogP contribution in [0.4, 0.5) is 0 Å². The predicted octanol–water partition coefficient (Wildman–Crippen LogP) is 7.32. The summed E-state index contributed by atoms with van der Waals surface area (Å²) >= 11 is 1.45. The molecule has 2 rings (SSSR count). The summed E-state index contributed by atoms with van der Waals surface area (Å²) < 4.78 is 0. The van der Waals surface area contributed by atoms with Gasteiger partial charge in [0.25, 0.3) is 0 Å². The Morgan fingerprint density at radius 1 is 0.769 bits per heavy atom. The Balaban J connectivity index is 0.000000401.